The van der Waals surface area contributed by atoms with Gasteiger partial charge in [-0.05, 0) is 56.7 Å². The normalized spacial score (nSPS) is 20.0. The van der Waals surface area contributed by atoms with E-state index in [1.807, 2.05) is 31.3 Å². The summed E-state index contributed by atoms with van der Waals surface area (Å²) in [4.78, 5) is 10.9. The number of hydrogen-bond acceptors (Lipinski definition) is 5. The number of anilines is 2. The zero-order valence-corrected chi connectivity index (χ0v) is 16.2. The minimum atomic E-state index is 0.487. The molecule has 3 rings (SSSR count). The molecule has 1 saturated carbocycles. The van der Waals surface area contributed by atoms with Crippen LogP contribution in [0.25, 0.3) is 0 Å². The lowest BCUT2D eigenvalue weighted by Crippen LogP contribution is -2.31. The Balaban J connectivity index is 1.38. The number of nitrogens with one attached hydrogen (secondary N) is 2. The van der Waals surface area contributed by atoms with E-state index in [9.17, 15) is 0 Å². The number of benzene rings is 1. The summed E-state index contributed by atoms with van der Waals surface area (Å²) in [5.74, 6) is 2.46. The van der Waals surface area contributed by atoms with Gasteiger partial charge in [-0.25, -0.2) is 4.98 Å². The van der Waals surface area contributed by atoms with Crippen molar-refractivity contribution < 1.29 is 0 Å². The van der Waals surface area contributed by atoms with Gasteiger partial charge in [-0.3, -0.25) is 0 Å². The number of nitrogens with zero attached hydrogens (tertiary/aromatic N) is 3. The Bertz CT molecular complexity index is 675. The van der Waals surface area contributed by atoms with Crippen molar-refractivity contribution >= 4 is 11.8 Å². The topological polar surface area (TPSA) is 53.1 Å². The largest absolute Gasteiger partial charge is 0.363 e. The molecule has 0 unspecified atom stereocenters. The Morgan fingerprint density at radius 3 is 2.46 bits per heavy atom. The van der Waals surface area contributed by atoms with Gasteiger partial charge in [0.1, 0.15) is 5.82 Å². The standard InChI is InChI=1S/C21H31N5/c1-16-4-6-17(7-5-16)14-22-15-18-8-10-19(11-9-18)24-21-23-13-12-20(25-21)26(2)3/h4-7,12-13,18-19,22H,8-11,14-15H2,1-3H3,(H,23,24,25). The number of rotatable bonds is 7. The molecule has 5 nitrogen and oxygen atoms in total. The molecule has 5 heteroatoms. The van der Waals surface area contributed by atoms with E-state index in [-0.39, 0.29) is 0 Å². The van der Waals surface area contributed by atoms with Crippen molar-refractivity contribution in [3.05, 3.63) is 47.7 Å². The first-order valence-electron chi connectivity index (χ1n) is 9.63. The summed E-state index contributed by atoms with van der Waals surface area (Å²) < 4.78 is 0. The van der Waals surface area contributed by atoms with E-state index in [2.05, 4.69) is 51.8 Å². The van der Waals surface area contributed by atoms with E-state index in [0.29, 0.717) is 6.04 Å². The van der Waals surface area contributed by atoms with Gasteiger partial charge in [0, 0.05) is 32.9 Å². The minimum absolute atomic E-state index is 0.487. The fourth-order valence-electron chi connectivity index (χ4n) is 3.49. The second-order valence-electron chi connectivity index (χ2n) is 7.61. The maximum Gasteiger partial charge on any atom is 0.224 e. The van der Waals surface area contributed by atoms with E-state index in [1.54, 1.807) is 0 Å². The minimum Gasteiger partial charge on any atom is -0.363 e. The van der Waals surface area contributed by atoms with E-state index in [0.717, 1.165) is 30.8 Å². The van der Waals surface area contributed by atoms with Crippen LogP contribution >= 0.6 is 0 Å². The van der Waals surface area contributed by atoms with Crippen molar-refractivity contribution in [1.82, 2.24) is 15.3 Å². The zero-order chi connectivity index (χ0) is 18.4. The van der Waals surface area contributed by atoms with Crippen molar-refractivity contribution in [2.24, 2.45) is 5.92 Å². The summed E-state index contributed by atoms with van der Waals surface area (Å²) in [6.07, 6.45) is 6.71. The van der Waals surface area contributed by atoms with E-state index < -0.39 is 0 Å². The molecular weight excluding hydrogens is 322 g/mol. The lowest BCUT2D eigenvalue weighted by Gasteiger charge is -2.29. The molecule has 1 aliphatic carbocycles. The Hall–Kier alpha value is -2.14. The average Bonchev–Trinajstić information content (AvgIpc) is 2.65. The van der Waals surface area contributed by atoms with Crippen LogP contribution in [0.1, 0.15) is 36.8 Å². The SMILES string of the molecule is Cc1ccc(CNCC2CCC(Nc3nccc(N(C)C)n3)CC2)cc1. The van der Waals surface area contributed by atoms with Gasteiger partial charge in [0.15, 0.2) is 0 Å². The summed E-state index contributed by atoms with van der Waals surface area (Å²) in [6, 6.07) is 11.2. The smallest absolute Gasteiger partial charge is 0.224 e. The average molecular weight is 354 g/mol. The third kappa shape index (κ3) is 5.43. The van der Waals surface area contributed by atoms with Gasteiger partial charge < -0.3 is 15.5 Å². The maximum absolute atomic E-state index is 4.57. The molecule has 1 fully saturated rings. The van der Waals surface area contributed by atoms with Crippen LogP contribution in [-0.4, -0.2) is 36.6 Å². The van der Waals surface area contributed by atoms with E-state index in [4.69, 9.17) is 0 Å². The second kappa shape index (κ2) is 8.99. The summed E-state index contributed by atoms with van der Waals surface area (Å²) in [7, 11) is 4.00. The predicted octanol–water partition coefficient (Wildman–Crippen LogP) is 3.61. The predicted molar refractivity (Wildman–Crippen MR) is 109 cm³/mol. The molecule has 0 saturated heterocycles. The number of aryl methyl sites for hydroxylation is 1. The van der Waals surface area contributed by atoms with Gasteiger partial charge in [-0.2, -0.15) is 4.98 Å². The molecule has 0 atom stereocenters. The molecule has 26 heavy (non-hydrogen) atoms. The third-order valence-corrected chi connectivity index (χ3v) is 5.16. The molecule has 2 aromatic rings. The van der Waals surface area contributed by atoms with Crippen LogP contribution in [0.5, 0.6) is 0 Å². The first-order chi connectivity index (χ1) is 12.6. The molecule has 1 heterocycles. The highest BCUT2D eigenvalue weighted by molar-refractivity contribution is 5.41. The van der Waals surface area contributed by atoms with Crippen LogP contribution in [-0.2, 0) is 6.54 Å². The Morgan fingerprint density at radius 1 is 1.04 bits per heavy atom. The van der Waals surface area contributed by atoms with Crippen molar-refractivity contribution in [3.8, 4) is 0 Å². The van der Waals surface area contributed by atoms with E-state index in [1.165, 1.54) is 36.8 Å². The van der Waals surface area contributed by atoms with Crippen LogP contribution in [0.4, 0.5) is 11.8 Å². The van der Waals surface area contributed by atoms with Gasteiger partial charge in [0.05, 0.1) is 0 Å². The first-order valence-corrected chi connectivity index (χ1v) is 9.63. The number of hydrogen-bond donors (Lipinski definition) is 2. The molecule has 0 radical (unpaired) electrons. The fraction of sp³-hybridized carbons (Fsp3) is 0.524. The molecule has 2 N–H and O–H groups in total. The van der Waals surface area contributed by atoms with Gasteiger partial charge in [0.25, 0.3) is 0 Å². The second-order valence-corrected chi connectivity index (χ2v) is 7.61. The van der Waals surface area contributed by atoms with Crippen LogP contribution in [0.15, 0.2) is 36.5 Å². The molecule has 1 aromatic carbocycles. The molecule has 1 aliphatic rings. The fourth-order valence-corrected chi connectivity index (χ4v) is 3.49. The lowest BCUT2D eigenvalue weighted by molar-refractivity contribution is 0.323. The Morgan fingerprint density at radius 2 is 1.77 bits per heavy atom. The van der Waals surface area contributed by atoms with Gasteiger partial charge in [0.2, 0.25) is 5.95 Å². The van der Waals surface area contributed by atoms with Crippen molar-refractivity contribution in [1.29, 1.82) is 0 Å². The highest BCUT2D eigenvalue weighted by Gasteiger charge is 2.21. The molecular formula is C21H31N5. The highest BCUT2D eigenvalue weighted by Crippen LogP contribution is 2.25. The first kappa shape index (κ1) is 18.6. The Labute approximate surface area is 157 Å². The maximum atomic E-state index is 4.57. The molecule has 0 bridgehead atoms. The molecule has 140 valence electrons. The monoisotopic (exact) mass is 353 g/mol. The molecule has 0 spiro atoms. The Kier molecular flexibility index (Phi) is 6.45. The van der Waals surface area contributed by atoms with Crippen molar-refractivity contribution in [3.63, 3.8) is 0 Å². The van der Waals surface area contributed by atoms with Crippen LogP contribution in [0.2, 0.25) is 0 Å². The summed E-state index contributed by atoms with van der Waals surface area (Å²) in [6.45, 7) is 4.20. The van der Waals surface area contributed by atoms with Crippen molar-refractivity contribution in [2.45, 2.75) is 45.2 Å². The highest BCUT2D eigenvalue weighted by atomic mass is 15.2. The zero-order valence-electron chi connectivity index (χ0n) is 16.2. The summed E-state index contributed by atoms with van der Waals surface area (Å²) >= 11 is 0. The summed E-state index contributed by atoms with van der Waals surface area (Å²) in [5.41, 5.74) is 2.68. The molecule has 1 aromatic heterocycles. The quantitative estimate of drug-likeness (QED) is 0.796. The van der Waals surface area contributed by atoms with E-state index >= 15 is 0 Å². The van der Waals surface area contributed by atoms with Crippen LogP contribution < -0.4 is 15.5 Å². The van der Waals surface area contributed by atoms with Crippen LogP contribution in [0, 0.1) is 12.8 Å². The van der Waals surface area contributed by atoms with Gasteiger partial charge in [-0.1, -0.05) is 29.8 Å². The van der Waals surface area contributed by atoms with Gasteiger partial charge in [-0.15, -0.1) is 0 Å². The molecule has 0 aliphatic heterocycles. The van der Waals surface area contributed by atoms with Crippen LogP contribution in [0.3, 0.4) is 0 Å². The lowest BCUT2D eigenvalue weighted by atomic mass is 9.86. The molecule has 0 amide bonds. The number of aromatic nitrogens is 2. The van der Waals surface area contributed by atoms with Crippen molar-refractivity contribution in [2.75, 3.05) is 30.9 Å². The third-order valence-electron chi connectivity index (χ3n) is 5.16. The van der Waals surface area contributed by atoms with Gasteiger partial charge >= 0.3 is 0 Å². The summed E-state index contributed by atoms with van der Waals surface area (Å²) in [5, 5.41) is 7.14.